The molecule has 0 unspecified atom stereocenters. The maximum absolute atomic E-state index is 11.6. The van der Waals surface area contributed by atoms with Crippen LogP contribution in [0.15, 0.2) is 12.1 Å². The zero-order valence-electron chi connectivity index (χ0n) is 9.53. The predicted octanol–water partition coefficient (Wildman–Crippen LogP) is 1.97. The van der Waals surface area contributed by atoms with Gasteiger partial charge in [0.1, 0.15) is 12.2 Å². The van der Waals surface area contributed by atoms with E-state index >= 15 is 0 Å². The Bertz CT molecular complexity index is 435. The molecule has 4 nitrogen and oxygen atoms in total. The highest BCUT2D eigenvalue weighted by atomic mass is 16.5. The summed E-state index contributed by atoms with van der Waals surface area (Å²) in [6, 6.07) is 3.41. The van der Waals surface area contributed by atoms with Gasteiger partial charge in [-0.2, -0.15) is 0 Å². The topological polar surface area (TPSA) is 63.6 Å². The average molecular weight is 222 g/mol. The number of Topliss-reactive ketones (excluding diaryl/α,β-unsaturated/α-hetero) is 1. The van der Waals surface area contributed by atoms with Crippen LogP contribution in [-0.4, -0.2) is 24.0 Å². The van der Waals surface area contributed by atoms with Gasteiger partial charge in [0.15, 0.2) is 5.78 Å². The Morgan fingerprint density at radius 1 is 1.25 bits per heavy atom. The number of ether oxygens (including phenoxy) is 1. The first-order chi connectivity index (χ1) is 7.45. The maximum Gasteiger partial charge on any atom is 0.311 e. The van der Waals surface area contributed by atoms with Crippen LogP contribution in [0.25, 0.3) is 0 Å². The number of aryl methyl sites for hydroxylation is 2. The number of carboxylic acids is 1. The van der Waals surface area contributed by atoms with Crippen LogP contribution >= 0.6 is 0 Å². The van der Waals surface area contributed by atoms with E-state index in [2.05, 4.69) is 0 Å². The number of hydrogen-bond acceptors (Lipinski definition) is 3. The molecule has 0 spiro atoms. The molecule has 0 aliphatic rings. The Kier molecular flexibility index (Phi) is 3.66. The van der Waals surface area contributed by atoms with Gasteiger partial charge >= 0.3 is 5.97 Å². The highest BCUT2D eigenvalue weighted by Gasteiger charge is 2.16. The van der Waals surface area contributed by atoms with E-state index in [0.717, 1.165) is 11.1 Å². The van der Waals surface area contributed by atoms with Crippen molar-refractivity contribution in [3.63, 3.8) is 0 Å². The maximum atomic E-state index is 11.6. The standard InChI is InChI=1S/C12H14O4/c1-7-4-9(10(13)6-12(14)15)11(16-3)5-8(7)2/h4-5H,6H2,1-3H3,(H,14,15). The molecule has 4 heteroatoms. The van der Waals surface area contributed by atoms with Gasteiger partial charge in [0.05, 0.1) is 12.7 Å². The van der Waals surface area contributed by atoms with Crippen LogP contribution < -0.4 is 4.74 Å². The van der Waals surface area contributed by atoms with Crippen molar-refractivity contribution in [1.82, 2.24) is 0 Å². The first-order valence-electron chi connectivity index (χ1n) is 4.86. The smallest absolute Gasteiger partial charge is 0.311 e. The Balaban J connectivity index is 3.16. The molecule has 0 heterocycles. The molecule has 0 atom stereocenters. The van der Waals surface area contributed by atoms with Gasteiger partial charge in [-0.05, 0) is 37.1 Å². The molecule has 1 N–H and O–H groups in total. The number of carbonyl (C=O) groups is 2. The molecule has 1 rings (SSSR count). The number of ketones is 1. The van der Waals surface area contributed by atoms with Crippen LogP contribution in [-0.2, 0) is 4.79 Å². The minimum absolute atomic E-state index is 0.327. The van der Waals surface area contributed by atoms with Crippen LogP contribution in [0, 0.1) is 13.8 Å². The molecule has 0 aromatic heterocycles. The fourth-order valence-electron chi connectivity index (χ4n) is 1.41. The van der Waals surface area contributed by atoms with Gasteiger partial charge in [0, 0.05) is 0 Å². The second kappa shape index (κ2) is 4.79. The van der Waals surface area contributed by atoms with Crippen molar-refractivity contribution in [2.24, 2.45) is 0 Å². The summed E-state index contributed by atoms with van der Waals surface area (Å²) in [5.74, 6) is -1.15. The molecular weight excluding hydrogens is 208 g/mol. The van der Waals surface area contributed by atoms with Crippen LogP contribution in [0.4, 0.5) is 0 Å². The van der Waals surface area contributed by atoms with Crippen molar-refractivity contribution in [2.45, 2.75) is 20.3 Å². The van der Waals surface area contributed by atoms with E-state index in [-0.39, 0.29) is 0 Å². The first-order valence-corrected chi connectivity index (χ1v) is 4.86. The fraction of sp³-hybridized carbons (Fsp3) is 0.333. The lowest BCUT2D eigenvalue weighted by Gasteiger charge is -2.10. The molecule has 1 aromatic carbocycles. The molecule has 0 saturated heterocycles. The molecule has 0 bridgehead atoms. The third-order valence-corrected chi connectivity index (χ3v) is 2.43. The number of hydrogen-bond donors (Lipinski definition) is 1. The van der Waals surface area contributed by atoms with Crippen molar-refractivity contribution in [2.75, 3.05) is 7.11 Å². The lowest BCUT2D eigenvalue weighted by atomic mass is 10.0. The predicted molar refractivity (Wildman–Crippen MR) is 59.1 cm³/mol. The zero-order valence-corrected chi connectivity index (χ0v) is 9.53. The molecule has 0 fully saturated rings. The Morgan fingerprint density at radius 2 is 1.81 bits per heavy atom. The first kappa shape index (κ1) is 12.2. The number of carbonyl (C=O) groups excluding carboxylic acids is 1. The molecule has 16 heavy (non-hydrogen) atoms. The summed E-state index contributed by atoms with van der Waals surface area (Å²) in [4.78, 5) is 22.1. The van der Waals surface area contributed by atoms with Crippen LogP contribution in [0.1, 0.15) is 27.9 Å². The quantitative estimate of drug-likeness (QED) is 0.625. The minimum atomic E-state index is -1.13. The van der Waals surface area contributed by atoms with E-state index < -0.39 is 18.2 Å². The fourth-order valence-corrected chi connectivity index (χ4v) is 1.41. The van der Waals surface area contributed by atoms with Crippen molar-refractivity contribution in [3.8, 4) is 5.75 Å². The monoisotopic (exact) mass is 222 g/mol. The summed E-state index contributed by atoms with van der Waals surface area (Å²) < 4.78 is 5.07. The summed E-state index contributed by atoms with van der Waals surface area (Å²) in [5.41, 5.74) is 2.27. The highest BCUT2D eigenvalue weighted by molar-refractivity contribution is 6.07. The molecule has 0 radical (unpaired) electrons. The summed E-state index contributed by atoms with van der Waals surface area (Å²) in [5, 5.41) is 8.57. The lowest BCUT2D eigenvalue weighted by Crippen LogP contribution is -2.09. The second-order valence-electron chi connectivity index (χ2n) is 3.63. The van der Waals surface area contributed by atoms with Gasteiger partial charge in [0.25, 0.3) is 0 Å². The number of aliphatic carboxylic acids is 1. The Hall–Kier alpha value is -1.84. The molecule has 86 valence electrons. The second-order valence-corrected chi connectivity index (χ2v) is 3.63. The molecule has 0 amide bonds. The van der Waals surface area contributed by atoms with E-state index in [1.54, 1.807) is 12.1 Å². The highest BCUT2D eigenvalue weighted by Crippen LogP contribution is 2.24. The van der Waals surface area contributed by atoms with Crippen molar-refractivity contribution in [3.05, 3.63) is 28.8 Å². The van der Waals surface area contributed by atoms with E-state index in [0.29, 0.717) is 11.3 Å². The lowest BCUT2D eigenvalue weighted by molar-refractivity contribution is -0.135. The zero-order chi connectivity index (χ0) is 12.3. The van der Waals surface area contributed by atoms with Gasteiger partial charge in [0.2, 0.25) is 0 Å². The Labute approximate surface area is 93.9 Å². The van der Waals surface area contributed by atoms with Crippen molar-refractivity contribution < 1.29 is 19.4 Å². The van der Waals surface area contributed by atoms with Crippen molar-refractivity contribution in [1.29, 1.82) is 0 Å². The van der Waals surface area contributed by atoms with Crippen LogP contribution in [0.3, 0.4) is 0 Å². The van der Waals surface area contributed by atoms with Gasteiger partial charge in [-0.3, -0.25) is 9.59 Å². The molecule has 0 aliphatic carbocycles. The number of benzene rings is 1. The van der Waals surface area contributed by atoms with Gasteiger partial charge in [-0.1, -0.05) is 0 Å². The van der Waals surface area contributed by atoms with E-state index in [9.17, 15) is 9.59 Å². The number of methoxy groups -OCH3 is 1. The summed E-state index contributed by atoms with van der Waals surface area (Å²) >= 11 is 0. The third-order valence-electron chi connectivity index (χ3n) is 2.43. The number of carboxylic acid groups (broad SMARTS) is 1. The third kappa shape index (κ3) is 2.59. The summed E-state index contributed by atoms with van der Waals surface area (Å²) in [6.07, 6.45) is -0.515. The van der Waals surface area contributed by atoms with Gasteiger partial charge < -0.3 is 9.84 Å². The van der Waals surface area contributed by atoms with E-state index in [4.69, 9.17) is 9.84 Å². The van der Waals surface area contributed by atoms with Crippen molar-refractivity contribution >= 4 is 11.8 Å². The SMILES string of the molecule is COc1cc(C)c(C)cc1C(=O)CC(=O)O. The normalized spacial score (nSPS) is 9.94. The molecular formula is C12H14O4. The minimum Gasteiger partial charge on any atom is -0.496 e. The average Bonchev–Trinajstić information content (AvgIpc) is 2.20. The van der Waals surface area contributed by atoms with Gasteiger partial charge in [-0.25, -0.2) is 0 Å². The van der Waals surface area contributed by atoms with Gasteiger partial charge in [-0.15, -0.1) is 0 Å². The molecule has 0 saturated carbocycles. The van der Waals surface area contributed by atoms with Crippen LogP contribution in [0.5, 0.6) is 5.75 Å². The molecule has 1 aromatic rings. The summed E-state index contributed by atoms with van der Waals surface area (Å²) in [6.45, 7) is 3.77. The number of rotatable bonds is 4. The van der Waals surface area contributed by atoms with Crippen LogP contribution in [0.2, 0.25) is 0 Å². The summed E-state index contributed by atoms with van der Waals surface area (Å²) in [7, 11) is 1.46. The van der Waals surface area contributed by atoms with E-state index in [1.165, 1.54) is 7.11 Å². The Morgan fingerprint density at radius 3 is 2.31 bits per heavy atom. The van der Waals surface area contributed by atoms with E-state index in [1.807, 2.05) is 13.8 Å². The molecule has 0 aliphatic heterocycles. The largest absolute Gasteiger partial charge is 0.496 e.